The van der Waals surface area contributed by atoms with E-state index in [1.165, 1.54) is 11.3 Å². The van der Waals surface area contributed by atoms with Gasteiger partial charge in [0.15, 0.2) is 5.01 Å². The second kappa shape index (κ2) is 7.55. The number of aromatic nitrogens is 3. The Bertz CT molecular complexity index is 1180. The zero-order valence-electron chi connectivity index (χ0n) is 15.1. The quantitative estimate of drug-likeness (QED) is 0.520. The SMILES string of the molecule is C#Cc1nc(NC(=O)NCc2ccc(-c3cccc4c3cnn4C)cc2)cs1. The molecule has 2 aromatic carbocycles. The van der Waals surface area contributed by atoms with Crippen LogP contribution in [0, 0.1) is 12.3 Å². The van der Waals surface area contributed by atoms with Gasteiger partial charge in [0.2, 0.25) is 0 Å². The number of anilines is 1. The van der Waals surface area contributed by atoms with Crippen molar-refractivity contribution in [1.29, 1.82) is 0 Å². The summed E-state index contributed by atoms with van der Waals surface area (Å²) in [5.41, 5.74) is 4.33. The number of carbonyl (C=O) groups is 1. The number of rotatable bonds is 4. The topological polar surface area (TPSA) is 71.8 Å². The molecule has 0 saturated heterocycles. The summed E-state index contributed by atoms with van der Waals surface area (Å²) in [7, 11) is 1.94. The fraction of sp³-hybridized carbons (Fsp3) is 0.0952. The molecule has 0 unspecified atom stereocenters. The van der Waals surface area contributed by atoms with Crippen molar-refractivity contribution in [2.75, 3.05) is 5.32 Å². The van der Waals surface area contributed by atoms with Crippen molar-refractivity contribution in [3.63, 3.8) is 0 Å². The van der Waals surface area contributed by atoms with Gasteiger partial charge in [0.1, 0.15) is 5.82 Å². The first-order valence-corrected chi connectivity index (χ1v) is 9.49. The van der Waals surface area contributed by atoms with Crippen LogP contribution in [0.3, 0.4) is 0 Å². The van der Waals surface area contributed by atoms with E-state index in [9.17, 15) is 4.79 Å². The number of fused-ring (bicyclic) bond motifs is 1. The molecule has 0 bridgehead atoms. The first-order valence-electron chi connectivity index (χ1n) is 8.61. The molecule has 138 valence electrons. The molecule has 0 radical (unpaired) electrons. The van der Waals surface area contributed by atoms with Crippen LogP contribution in [0.4, 0.5) is 10.6 Å². The van der Waals surface area contributed by atoms with Crippen LogP contribution in [-0.4, -0.2) is 20.8 Å². The highest BCUT2D eigenvalue weighted by molar-refractivity contribution is 7.10. The van der Waals surface area contributed by atoms with Crippen molar-refractivity contribution >= 4 is 34.1 Å². The molecule has 6 nitrogen and oxygen atoms in total. The molecule has 2 N–H and O–H groups in total. The van der Waals surface area contributed by atoms with Crippen LogP contribution < -0.4 is 10.6 Å². The molecule has 2 heterocycles. The Labute approximate surface area is 166 Å². The summed E-state index contributed by atoms with van der Waals surface area (Å²) in [4.78, 5) is 16.1. The van der Waals surface area contributed by atoms with Crippen LogP contribution in [0.2, 0.25) is 0 Å². The van der Waals surface area contributed by atoms with Crippen molar-refractivity contribution in [3.05, 3.63) is 64.6 Å². The van der Waals surface area contributed by atoms with Gasteiger partial charge >= 0.3 is 6.03 Å². The van der Waals surface area contributed by atoms with E-state index in [1.54, 1.807) is 5.38 Å². The summed E-state index contributed by atoms with van der Waals surface area (Å²) >= 11 is 1.31. The number of thiazole rings is 1. The molecule has 2 amide bonds. The third-order valence-corrected chi connectivity index (χ3v) is 5.15. The Morgan fingerprint density at radius 2 is 2.07 bits per heavy atom. The minimum Gasteiger partial charge on any atom is -0.334 e. The molecule has 0 atom stereocenters. The van der Waals surface area contributed by atoms with E-state index in [0.29, 0.717) is 17.4 Å². The number of nitrogens with one attached hydrogen (secondary N) is 2. The number of hydrogen-bond donors (Lipinski definition) is 2. The third kappa shape index (κ3) is 3.59. The van der Waals surface area contributed by atoms with Crippen LogP contribution in [-0.2, 0) is 13.6 Å². The van der Waals surface area contributed by atoms with Gasteiger partial charge in [-0.3, -0.25) is 10.00 Å². The molecular formula is C21H17N5OS. The van der Waals surface area contributed by atoms with Crippen molar-refractivity contribution in [3.8, 4) is 23.5 Å². The molecular weight excluding hydrogens is 370 g/mol. The lowest BCUT2D eigenvalue weighted by Crippen LogP contribution is -2.28. The highest BCUT2D eigenvalue weighted by Crippen LogP contribution is 2.28. The lowest BCUT2D eigenvalue weighted by Gasteiger charge is -2.08. The smallest absolute Gasteiger partial charge is 0.320 e. The van der Waals surface area contributed by atoms with Gasteiger partial charge in [-0.2, -0.15) is 5.10 Å². The Morgan fingerprint density at radius 1 is 1.25 bits per heavy atom. The highest BCUT2D eigenvalue weighted by Gasteiger charge is 2.08. The maximum absolute atomic E-state index is 12.0. The van der Waals surface area contributed by atoms with E-state index in [2.05, 4.69) is 50.9 Å². The fourth-order valence-corrected chi connectivity index (χ4v) is 3.53. The predicted octanol–water partition coefficient (Wildman–Crippen LogP) is 4.00. The van der Waals surface area contributed by atoms with E-state index in [-0.39, 0.29) is 6.03 Å². The summed E-state index contributed by atoms with van der Waals surface area (Å²) in [6, 6.07) is 14.0. The predicted molar refractivity (Wildman–Crippen MR) is 112 cm³/mol. The van der Waals surface area contributed by atoms with Gasteiger partial charge in [0.05, 0.1) is 11.7 Å². The normalized spacial score (nSPS) is 10.6. The number of nitrogens with zero attached hydrogens (tertiary/aromatic N) is 3. The number of benzene rings is 2. The number of carbonyl (C=O) groups excluding carboxylic acids is 1. The summed E-state index contributed by atoms with van der Waals surface area (Å²) in [6.45, 7) is 0.412. The van der Waals surface area contributed by atoms with Crippen molar-refractivity contribution in [2.45, 2.75) is 6.54 Å². The van der Waals surface area contributed by atoms with Gasteiger partial charge in [-0.05, 0) is 28.7 Å². The van der Waals surface area contributed by atoms with Gasteiger partial charge in [0, 0.05) is 24.4 Å². The summed E-state index contributed by atoms with van der Waals surface area (Å²) in [5.74, 6) is 2.89. The van der Waals surface area contributed by atoms with Gasteiger partial charge in [-0.1, -0.05) is 36.4 Å². The molecule has 0 aliphatic carbocycles. The first-order chi connectivity index (χ1) is 13.6. The zero-order valence-corrected chi connectivity index (χ0v) is 16.0. The monoisotopic (exact) mass is 387 g/mol. The van der Waals surface area contributed by atoms with E-state index in [1.807, 2.05) is 36.1 Å². The van der Waals surface area contributed by atoms with E-state index >= 15 is 0 Å². The lowest BCUT2D eigenvalue weighted by molar-refractivity contribution is 0.251. The molecule has 4 aromatic rings. The van der Waals surface area contributed by atoms with Crippen LogP contribution in [0.15, 0.2) is 54.0 Å². The maximum Gasteiger partial charge on any atom is 0.320 e. The number of amides is 2. The molecule has 0 saturated carbocycles. The van der Waals surface area contributed by atoms with Gasteiger partial charge in [-0.25, -0.2) is 9.78 Å². The van der Waals surface area contributed by atoms with E-state index < -0.39 is 0 Å². The molecule has 0 fully saturated rings. The fourth-order valence-electron chi connectivity index (χ4n) is 2.97. The number of hydrogen-bond acceptors (Lipinski definition) is 4. The maximum atomic E-state index is 12.0. The molecule has 4 rings (SSSR count). The molecule has 2 aromatic heterocycles. The summed E-state index contributed by atoms with van der Waals surface area (Å²) in [5, 5.41) is 13.2. The Hall–Kier alpha value is -3.63. The van der Waals surface area contributed by atoms with Crippen LogP contribution in [0.25, 0.3) is 22.0 Å². The lowest BCUT2D eigenvalue weighted by atomic mass is 10.0. The minimum absolute atomic E-state index is 0.321. The molecule has 0 spiro atoms. The number of aryl methyl sites for hydroxylation is 1. The zero-order chi connectivity index (χ0) is 19.5. The van der Waals surface area contributed by atoms with Crippen LogP contribution >= 0.6 is 11.3 Å². The summed E-state index contributed by atoms with van der Waals surface area (Å²) in [6.07, 6.45) is 7.16. The van der Waals surface area contributed by atoms with Gasteiger partial charge in [-0.15, -0.1) is 17.8 Å². The molecule has 0 aliphatic heterocycles. The second-order valence-corrected chi connectivity index (χ2v) is 7.05. The summed E-state index contributed by atoms with van der Waals surface area (Å²) < 4.78 is 1.87. The minimum atomic E-state index is -0.321. The number of terminal acetylenes is 1. The average molecular weight is 387 g/mol. The van der Waals surface area contributed by atoms with Crippen LogP contribution in [0.1, 0.15) is 10.6 Å². The second-order valence-electron chi connectivity index (χ2n) is 6.19. The van der Waals surface area contributed by atoms with E-state index in [0.717, 1.165) is 27.6 Å². The number of urea groups is 1. The Morgan fingerprint density at radius 3 is 2.82 bits per heavy atom. The van der Waals surface area contributed by atoms with Gasteiger partial charge < -0.3 is 5.32 Å². The van der Waals surface area contributed by atoms with Crippen molar-refractivity contribution < 1.29 is 4.79 Å². The Balaban J connectivity index is 1.42. The average Bonchev–Trinajstić information content (AvgIpc) is 3.33. The standard InChI is InChI=1S/C21H17N5OS/c1-3-20-24-19(13-28-20)25-21(27)22-11-14-7-9-15(10-8-14)16-5-4-6-18-17(16)12-23-26(18)2/h1,4-10,12-13H,11H2,2H3,(H2,22,25,27). The van der Waals surface area contributed by atoms with Crippen molar-refractivity contribution in [2.24, 2.45) is 7.05 Å². The largest absolute Gasteiger partial charge is 0.334 e. The van der Waals surface area contributed by atoms with Gasteiger partial charge in [0.25, 0.3) is 0 Å². The highest BCUT2D eigenvalue weighted by atomic mass is 32.1. The van der Waals surface area contributed by atoms with E-state index in [4.69, 9.17) is 6.42 Å². The first kappa shape index (κ1) is 17.8. The molecule has 28 heavy (non-hydrogen) atoms. The molecule has 7 heteroatoms. The van der Waals surface area contributed by atoms with Crippen LogP contribution in [0.5, 0.6) is 0 Å². The van der Waals surface area contributed by atoms with Crippen molar-refractivity contribution in [1.82, 2.24) is 20.1 Å². The Kier molecular flexibility index (Phi) is 4.79. The third-order valence-electron chi connectivity index (χ3n) is 4.38. The molecule has 0 aliphatic rings.